The van der Waals surface area contributed by atoms with E-state index >= 15 is 0 Å². The molecular formula is C12H17ClN2O. The van der Waals surface area contributed by atoms with Gasteiger partial charge in [-0.05, 0) is 43.0 Å². The van der Waals surface area contributed by atoms with E-state index < -0.39 is 0 Å². The van der Waals surface area contributed by atoms with Gasteiger partial charge in [-0.15, -0.1) is 12.4 Å². The quantitative estimate of drug-likeness (QED) is 0.628. The highest BCUT2D eigenvalue weighted by Gasteiger charge is 2.17. The molecule has 1 saturated carbocycles. The number of rotatable bonds is 4. The van der Waals surface area contributed by atoms with Crippen LogP contribution in [0.3, 0.4) is 0 Å². The lowest BCUT2D eigenvalue weighted by atomic mass is 9.86. The van der Waals surface area contributed by atoms with Crippen LogP contribution in [-0.2, 0) is 0 Å². The number of hydrogen-bond donors (Lipinski definition) is 2. The molecule has 3 N–H and O–H groups in total. The summed E-state index contributed by atoms with van der Waals surface area (Å²) in [6.45, 7) is 0.819. The molecule has 1 aromatic carbocycles. The summed E-state index contributed by atoms with van der Waals surface area (Å²) < 4.78 is 5.63. The number of nitrogens with two attached hydrogens (primary N) is 1. The molecule has 0 atom stereocenters. The standard InChI is InChI=1S/C12H16N2O.ClH/c13-12(14)10-4-6-11(7-5-10)15-8-9-2-1-3-9;/h4-7,9H,1-3,8H2,(H3,13,14);1H. The van der Waals surface area contributed by atoms with Crippen LogP contribution in [0, 0.1) is 11.3 Å². The highest BCUT2D eigenvalue weighted by molar-refractivity contribution is 5.94. The summed E-state index contributed by atoms with van der Waals surface area (Å²) in [6, 6.07) is 7.38. The highest BCUT2D eigenvalue weighted by Crippen LogP contribution is 2.27. The normalized spacial score (nSPS) is 14.8. The van der Waals surface area contributed by atoms with Crippen molar-refractivity contribution in [1.82, 2.24) is 0 Å². The number of nitrogen functional groups attached to an aromatic ring is 1. The Morgan fingerprint density at radius 2 is 1.94 bits per heavy atom. The number of halogens is 1. The molecule has 88 valence electrons. The van der Waals surface area contributed by atoms with Gasteiger partial charge < -0.3 is 10.5 Å². The summed E-state index contributed by atoms with van der Waals surface area (Å²) in [6.07, 6.45) is 3.94. The monoisotopic (exact) mass is 240 g/mol. The lowest BCUT2D eigenvalue weighted by Crippen LogP contribution is -2.19. The van der Waals surface area contributed by atoms with Crippen molar-refractivity contribution in [2.45, 2.75) is 19.3 Å². The fraction of sp³-hybridized carbons (Fsp3) is 0.417. The van der Waals surface area contributed by atoms with Crippen LogP contribution in [-0.4, -0.2) is 12.4 Å². The summed E-state index contributed by atoms with van der Waals surface area (Å²) >= 11 is 0. The van der Waals surface area contributed by atoms with Gasteiger partial charge >= 0.3 is 0 Å². The molecule has 0 aromatic heterocycles. The van der Waals surface area contributed by atoms with Gasteiger partial charge in [0.05, 0.1) is 6.61 Å². The maximum absolute atomic E-state index is 7.25. The van der Waals surface area contributed by atoms with Crippen molar-refractivity contribution in [3.63, 3.8) is 0 Å². The molecule has 4 heteroatoms. The molecule has 0 radical (unpaired) electrons. The van der Waals surface area contributed by atoms with Crippen LogP contribution in [0.4, 0.5) is 0 Å². The van der Waals surface area contributed by atoms with Crippen LogP contribution in [0.25, 0.3) is 0 Å². The van der Waals surface area contributed by atoms with Crippen LogP contribution < -0.4 is 10.5 Å². The predicted molar refractivity (Wildman–Crippen MR) is 67.5 cm³/mol. The average molecular weight is 241 g/mol. The Morgan fingerprint density at radius 1 is 1.31 bits per heavy atom. The molecule has 0 saturated heterocycles. The van der Waals surface area contributed by atoms with Gasteiger partial charge in [0, 0.05) is 5.56 Å². The number of hydrogen-bond acceptors (Lipinski definition) is 2. The lowest BCUT2D eigenvalue weighted by molar-refractivity contribution is 0.180. The van der Waals surface area contributed by atoms with Crippen LogP contribution in [0.15, 0.2) is 24.3 Å². The minimum absolute atomic E-state index is 0. The highest BCUT2D eigenvalue weighted by atomic mass is 35.5. The van der Waals surface area contributed by atoms with Gasteiger partial charge in [0.2, 0.25) is 0 Å². The maximum atomic E-state index is 7.25. The van der Waals surface area contributed by atoms with Crippen molar-refractivity contribution in [1.29, 1.82) is 5.41 Å². The van der Waals surface area contributed by atoms with Crippen molar-refractivity contribution in [2.75, 3.05) is 6.61 Å². The lowest BCUT2D eigenvalue weighted by Gasteiger charge is -2.25. The van der Waals surface area contributed by atoms with Gasteiger partial charge in [0.1, 0.15) is 11.6 Å². The molecule has 0 aliphatic heterocycles. The number of benzene rings is 1. The van der Waals surface area contributed by atoms with E-state index in [-0.39, 0.29) is 18.2 Å². The van der Waals surface area contributed by atoms with Crippen molar-refractivity contribution in [2.24, 2.45) is 11.7 Å². The summed E-state index contributed by atoms with van der Waals surface area (Å²) in [5, 5.41) is 7.25. The SMILES string of the molecule is Cl.N=C(N)c1ccc(OCC2CCC2)cc1. The van der Waals surface area contributed by atoms with Gasteiger partial charge in [-0.2, -0.15) is 0 Å². The zero-order valence-corrected chi connectivity index (χ0v) is 9.93. The second-order valence-corrected chi connectivity index (χ2v) is 4.05. The molecule has 0 spiro atoms. The minimum Gasteiger partial charge on any atom is -0.493 e. The van der Waals surface area contributed by atoms with E-state index in [0.29, 0.717) is 0 Å². The summed E-state index contributed by atoms with van der Waals surface area (Å²) in [5.41, 5.74) is 6.10. The molecule has 0 heterocycles. The van der Waals surface area contributed by atoms with E-state index in [1.54, 1.807) is 0 Å². The Kier molecular flexibility index (Phi) is 4.62. The molecule has 1 aliphatic carbocycles. The van der Waals surface area contributed by atoms with Crippen LogP contribution in [0.2, 0.25) is 0 Å². The second kappa shape index (κ2) is 5.75. The van der Waals surface area contributed by atoms with Gasteiger partial charge in [-0.3, -0.25) is 5.41 Å². The summed E-state index contributed by atoms with van der Waals surface area (Å²) in [7, 11) is 0. The van der Waals surface area contributed by atoms with Crippen molar-refractivity contribution in [3.05, 3.63) is 29.8 Å². The predicted octanol–water partition coefficient (Wildman–Crippen LogP) is 2.57. The van der Waals surface area contributed by atoms with Crippen molar-refractivity contribution < 1.29 is 4.74 Å². The molecule has 0 unspecified atom stereocenters. The van der Waals surface area contributed by atoms with Crippen LogP contribution in [0.5, 0.6) is 5.75 Å². The molecule has 1 aliphatic rings. The zero-order chi connectivity index (χ0) is 10.7. The van der Waals surface area contributed by atoms with Gasteiger partial charge in [-0.1, -0.05) is 6.42 Å². The average Bonchev–Trinajstić information content (AvgIpc) is 2.16. The summed E-state index contributed by atoms with van der Waals surface area (Å²) in [4.78, 5) is 0. The maximum Gasteiger partial charge on any atom is 0.122 e. The molecule has 16 heavy (non-hydrogen) atoms. The molecule has 0 amide bonds. The second-order valence-electron chi connectivity index (χ2n) is 4.05. The molecule has 2 rings (SSSR count). The van der Waals surface area contributed by atoms with Gasteiger partial charge in [0.25, 0.3) is 0 Å². The van der Waals surface area contributed by atoms with Crippen molar-refractivity contribution in [3.8, 4) is 5.75 Å². The molecule has 0 bridgehead atoms. The Morgan fingerprint density at radius 3 is 2.38 bits per heavy atom. The fourth-order valence-electron chi connectivity index (χ4n) is 1.60. The Bertz CT molecular complexity index is 347. The van der Waals surface area contributed by atoms with E-state index in [2.05, 4.69) is 0 Å². The first-order valence-electron chi connectivity index (χ1n) is 5.33. The third-order valence-corrected chi connectivity index (χ3v) is 2.88. The van der Waals surface area contributed by atoms with E-state index in [1.807, 2.05) is 24.3 Å². The van der Waals surface area contributed by atoms with Crippen molar-refractivity contribution >= 4 is 18.2 Å². The van der Waals surface area contributed by atoms with E-state index in [1.165, 1.54) is 19.3 Å². The number of amidine groups is 1. The Labute approximate surface area is 102 Å². The van der Waals surface area contributed by atoms with Crippen LogP contribution >= 0.6 is 12.4 Å². The topological polar surface area (TPSA) is 59.1 Å². The van der Waals surface area contributed by atoms with Gasteiger partial charge in [0.15, 0.2) is 0 Å². The molecule has 3 nitrogen and oxygen atoms in total. The molecule has 1 aromatic rings. The summed E-state index contributed by atoms with van der Waals surface area (Å²) in [5.74, 6) is 1.71. The Balaban J connectivity index is 0.00000128. The first-order valence-corrected chi connectivity index (χ1v) is 5.33. The molecule has 1 fully saturated rings. The zero-order valence-electron chi connectivity index (χ0n) is 9.11. The smallest absolute Gasteiger partial charge is 0.122 e. The van der Waals surface area contributed by atoms with E-state index in [4.69, 9.17) is 15.9 Å². The fourth-order valence-corrected chi connectivity index (χ4v) is 1.60. The van der Waals surface area contributed by atoms with Crippen LogP contribution in [0.1, 0.15) is 24.8 Å². The number of ether oxygens (including phenoxy) is 1. The van der Waals surface area contributed by atoms with E-state index in [9.17, 15) is 0 Å². The van der Waals surface area contributed by atoms with E-state index in [0.717, 1.165) is 23.8 Å². The Hall–Kier alpha value is -1.22. The van der Waals surface area contributed by atoms with Gasteiger partial charge in [-0.25, -0.2) is 0 Å². The first kappa shape index (κ1) is 12.8. The largest absolute Gasteiger partial charge is 0.493 e. The number of nitrogens with one attached hydrogen (secondary N) is 1. The molecular weight excluding hydrogens is 224 g/mol. The third-order valence-electron chi connectivity index (χ3n) is 2.88. The first-order chi connectivity index (χ1) is 7.25. The third kappa shape index (κ3) is 3.14. The minimum atomic E-state index is 0.